The molecular weight excluding hydrogens is 192 g/mol. The Morgan fingerprint density at radius 3 is 2.85 bits per heavy atom. The molecule has 0 radical (unpaired) electrons. The van der Waals surface area contributed by atoms with Crippen molar-refractivity contribution in [2.45, 2.75) is 5.92 Å². The van der Waals surface area contributed by atoms with E-state index in [1.807, 2.05) is 0 Å². The number of hydrogen-bond donors (Lipinski definition) is 2. The summed E-state index contributed by atoms with van der Waals surface area (Å²) in [5.41, 5.74) is 5.40. The molecule has 3 N–H and O–H groups in total. The summed E-state index contributed by atoms with van der Waals surface area (Å²) in [6, 6.07) is 0. The Bertz CT molecular complexity index is 333. The summed E-state index contributed by atoms with van der Waals surface area (Å²) >= 11 is 1.14. The second kappa shape index (κ2) is 2.84. The molecule has 0 atom stereocenters. The third kappa shape index (κ3) is 1.42. The van der Waals surface area contributed by atoms with E-state index in [0.29, 0.717) is 24.0 Å². The zero-order valence-electron chi connectivity index (χ0n) is 6.67. The highest BCUT2D eigenvalue weighted by Crippen LogP contribution is 2.25. The Hall–Kier alpha value is -1.37. The first-order valence-electron chi connectivity index (χ1n) is 3.74. The minimum absolute atomic E-state index is 0.129. The van der Waals surface area contributed by atoms with Crippen LogP contribution >= 0.6 is 11.5 Å². The summed E-state index contributed by atoms with van der Waals surface area (Å²) in [5.74, 6) is 0.796. The summed E-state index contributed by atoms with van der Waals surface area (Å²) in [4.78, 5) is 15.7. The number of amides is 1. The highest BCUT2D eigenvalue weighted by atomic mass is 32.1. The van der Waals surface area contributed by atoms with Crippen molar-refractivity contribution in [3.63, 3.8) is 0 Å². The Morgan fingerprint density at radius 2 is 2.38 bits per heavy atom. The Morgan fingerprint density at radius 1 is 1.69 bits per heavy atom. The van der Waals surface area contributed by atoms with Crippen molar-refractivity contribution >= 4 is 22.8 Å². The van der Waals surface area contributed by atoms with E-state index in [1.165, 1.54) is 4.90 Å². The number of anilines is 1. The lowest BCUT2D eigenvalue weighted by Crippen LogP contribution is -2.48. The highest BCUT2D eigenvalue weighted by molar-refractivity contribution is 7.09. The summed E-state index contributed by atoms with van der Waals surface area (Å²) < 4.78 is 4.02. The van der Waals surface area contributed by atoms with Gasteiger partial charge < -0.3 is 15.7 Å². The quantitative estimate of drug-likeness (QED) is 0.675. The molecule has 1 saturated heterocycles. The van der Waals surface area contributed by atoms with Gasteiger partial charge in [0.2, 0.25) is 0 Å². The van der Waals surface area contributed by atoms with Crippen LogP contribution in [-0.2, 0) is 0 Å². The van der Waals surface area contributed by atoms with Crippen LogP contribution in [0.25, 0.3) is 0 Å². The van der Waals surface area contributed by atoms with Gasteiger partial charge >= 0.3 is 6.09 Å². The van der Waals surface area contributed by atoms with Gasteiger partial charge in [-0.3, -0.25) is 0 Å². The van der Waals surface area contributed by atoms with Gasteiger partial charge in [-0.05, 0) is 0 Å². The Labute approximate surface area is 78.2 Å². The van der Waals surface area contributed by atoms with Crippen LogP contribution in [0.3, 0.4) is 0 Å². The van der Waals surface area contributed by atoms with Gasteiger partial charge in [-0.2, -0.15) is 4.37 Å². The molecule has 0 saturated carbocycles. The van der Waals surface area contributed by atoms with E-state index in [-0.39, 0.29) is 5.92 Å². The lowest BCUT2D eigenvalue weighted by molar-refractivity contribution is 0.104. The minimum Gasteiger partial charge on any atom is -0.465 e. The first-order valence-corrected chi connectivity index (χ1v) is 4.51. The number of rotatable bonds is 1. The van der Waals surface area contributed by atoms with Crippen LogP contribution in [0.15, 0.2) is 0 Å². The van der Waals surface area contributed by atoms with Crippen molar-refractivity contribution in [1.82, 2.24) is 14.3 Å². The van der Waals surface area contributed by atoms with Crippen molar-refractivity contribution < 1.29 is 9.90 Å². The first kappa shape index (κ1) is 8.24. The molecule has 0 unspecified atom stereocenters. The van der Waals surface area contributed by atoms with Crippen LogP contribution in [-0.4, -0.2) is 38.5 Å². The fraction of sp³-hybridized carbons (Fsp3) is 0.500. The normalized spacial score (nSPS) is 17.1. The van der Waals surface area contributed by atoms with Crippen LogP contribution in [0.2, 0.25) is 0 Å². The van der Waals surface area contributed by atoms with Crippen LogP contribution in [0.4, 0.5) is 9.93 Å². The molecule has 1 aromatic heterocycles. The predicted molar refractivity (Wildman–Crippen MR) is 46.7 cm³/mol. The Balaban J connectivity index is 1.97. The van der Waals surface area contributed by atoms with E-state index < -0.39 is 6.09 Å². The van der Waals surface area contributed by atoms with E-state index in [0.717, 1.165) is 11.5 Å². The van der Waals surface area contributed by atoms with Gasteiger partial charge in [0.25, 0.3) is 0 Å². The number of nitrogens with zero attached hydrogens (tertiary/aromatic N) is 3. The maximum Gasteiger partial charge on any atom is 0.407 e. The molecule has 13 heavy (non-hydrogen) atoms. The molecule has 0 aromatic carbocycles. The number of nitrogen functional groups attached to an aromatic ring is 1. The predicted octanol–water partition coefficient (Wildman–Crippen LogP) is 0.197. The molecule has 7 heteroatoms. The zero-order valence-corrected chi connectivity index (χ0v) is 7.49. The summed E-state index contributed by atoms with van der Waals surface area (Å²) in [7, 11) is 0. The average Bonchev–Trinajstić information content (AvgIpc) is 2.31. The van der Waals surface area contributed by atoms with Crippen LogP contribution in [0.1, 0.15) is 11.7 Å². The summed E-state index contributed by atoms with van der Waals surface area (Å²) in [6.45, 7) is 0.955. The first-order chi connectivity index (χ1) is 6.16. The third-order valence-electron chi connectivity index (χ3n) is 1.97. The highest BCUT2D eigenvalue weighted by Gasteiger charge is 2.34. The second-order valence-corrected chi connectivity index (χ2v) is 3.66. The van der Waals surface area contributed by atoms with Crippen molar-refractivity contribution in [2.75, 3.05) is 18.8 Å². The van der Waals surface area contributed by atoms with Gasteiger partial charge in [0.1, 0.15) is 0 Å². The molecule has 70 valence electrons. The molecule has 1 amide bonds. The number of aromatic nitrogens is 2. The fourth-order valence-electron chi connectivity index (χ4n) is 1.21. The molecule has 6 nitrogen and oxygen atoms in total. The van der Waals surface area contributed by atoms with Crippen molar-refractivity contribution in [1.29, 1.82) is 0 Å². The van der Waals surface area contributed by atoms with E-state index in [4.69, 9.17) is 10.8 Å². The van der Waals surface area contributed by atoms with E-state index >= 15 is 0 Å². The van der Waals surface area contributed by atoms with Gasteiger partial charge in [0, 0.05) is 24.6 Å². The van der Waals surface area contributed by atoms with E-state index in [9.17, 15) is 4.79 Å². The van der Waals surface area contributed by atoms with E-state index in [1.54, 1.807) is 0 Å². The number of carboxylic acid groups (broad SMARTS) is 1. The standard InChI is InChI=1S/C6H8N4O2S/c7-5-8-4(9-13-5)3-1-10(2-3)6(11)12/h3H,1-2H2,(H,11,12)(H2,7,8,9). The van der Waals surface area contributed by atoms with Crippen LogP contribution in [0.5, 0.6) is 0 Å². The number of hydrogen-bond acceptors (Lipinski definition) is 5. The van der Waals surface area contributed by atoms with Crippen molar-refractivity contribution in [3.8, 4) is 0 Å². The summed E-state index contributed by atoms with van der Waals surface area (Å²) in [5, 5.41) is 9.00. The molecule has 0 spiro atoms. The number of nitrogens with two attached hydrogens (primary N) is 1. The number of likely N-dealkylation sites (tertiary alicyclic amines) is 1. The fourth-order valence-corrected chi connectivity index (χ4v) is 1.72. The third-order valence-corrected chi connectivity index (χ3v) is 2.53. The molecular formula is C6H8N4O2S. The molecule has 0 bridgehead atoms. The van der Waals surface area contributed by atoms with Gasteiger partial charge in [0.15, 0.2) is 11.0 Å². The lowest BCUT2D eigenvalue weighted by atomic mass is 10.0. The molecule has 2 rings (SSSR count). The van der Waals surface area contributed by atoms with E-state index in [2.05, 4.69) is 9.36 Å². The number of carbonyl (C=O) groups is 1. The Kier molecular flexibility index (Phi) is 1.80. The second-order valence-electron chi connectivity index (χ2n) is 2.88. The molecule has 1 aromatic rings. The van der Waals surface area contributed by atoms with Gasteiger partial charge in [-0.25, -0.2) is 9.78 Å². The van der Waals surface area contributed by atoms with Crippen LogP contribution < -0.4 is 5.73 Å². The molecule has 2 heterocycles. The molecule has 1 aliphatic rings. The van der Waals surface area contributed by atoms with Crippen molar-refractivity contribution in [2.24, 2.45) is 0 Å². The van der Waals surface area contributed by atoms with Gasteiger partial charge in [-0.15, -0.1) is 0 Å². The SMILES string of the molecule is Nc1nc(C2CN(C(=O)O)C2)ns1. The molecule has 0 aliphatic carbocycles. The van der Waals surface area contributed by atoms with Crippen molar-refractivity contribution in [3.05, 3.63) is 5.82 Å². The topological polar surface area (TPSA) is 92.3 Å². The summed E-state index contributed by atoms with van der Waals surface area (Å²) in [6.07, 6.45) is -0.889. The smallest absolute Gasteiger partial charge is 0.407 e. The largest absolute Gasteiger partial charge is 0.465 e. The molecule has 1 aliphatic heterocycles. The van der Waals surface area contributed by atoms with Gasteiger partial charge in [0.05, 0.1) is 5.92 Å². The lowest BCUT2D eigenvalue weighted by Gasteiger charge is -2.35. The maximum absolute atomic E-state index is 10.4. The maximum atomic E-state index is 10.4. The zero-order chi connectivity index (χ0) is 9.42. The van der Waals surface area contributed by atoms with Gasteiger partial charge in [-0.1, -0.05) is 0 Å². The average molecular weight is 200 g/mol. The molecule has 1 fully saturated rings. The minimum atomic E-state index is -0.889. The van der Waals surface area contributed by atoms with Crippen LogP contribution in [0, 0.1) is 0 Å². The monoisotopic (exact) mass is 200 g/mol.